The summed E-state index contributed by atoms with van der Waals surface area (Å²) in [6, 6.07) is 5.60. The van der Waals surface area contributed by atoms with Gasteiger partial charge in [-0.1, -0.05) is 23.4 Å². The van der Waals surface area contributed by atoms with Crippen LogP contribution in [-0.2, 0) is 19.3 Å². The molecule has 0 N–H and O–H groups in total. The number of halogens is 3. The molecule has 0 atom stereocenters. The minimum atomic E-state index is -4.29. The second-order valence-corrected chi connectivity index (χ2v) is 6.55. The molecule has 25 heavy (non-hydrogen) atoms. The molecule has 0 unspecified atom stereocenters. The maximum Gasteiger partial charge on any atom is 0.416 e. The van der Waals surface area contributed by atoms with Gasteiger partial charge >= 0.3 is 6.18 Å². The van der Waals surface area contributed by atoms with Crippen LogP contribution in [0.3, 0.4) is 0 Å². The van der Waals surface area contributed by atoms with Gasteiger partial charge in [-0.3, -0.25) is 9.80 Å². The highest BCUT2D eigenvalue weighted by molar-refractivity contribution is 5.25. The minimum absolute atomic E-state index is 0.545. The third-order valence-electron chi connectivity index (χ3n) is 4.69. The zero-order valence-corrected chi connectivity index (χ0v) is 14.4. The highest BCUT2D eigenvalue weighted by Gasteiger charge is 2.30. The van der Waals surface area contributed by atoms with E-state index in [0.29, 0.717) is 12.1 Å². The lowest BCUT2D eigenvalue weighted by Gasteiger charge is -2.34. The number of hydrogen-bond donors (Lipinski definition) is 0. The molecule has 136 valence electrons. The summed E-state index contributed by atoms with van der Waals surface area (Å²) < 4.78 is 43.6. The first-order chi connectivity index (χ1) is 11.8. The number of piperazine rings is 1. The summed E-state index contributed by atoms with van der Waals surface area (Å²) in [6.07, 6.45) is -4.29. The first kappa shape index (κ1) is 17.9. The van der Waals surface area contributed by atoms with Gasteiger partial charge in [0, 0.05) is 44.8 Å². The van der Waals surface area contributed by atoms with Gasteiger partial charge in [-0.2, -0.15) is 13.2 Å². The average Bonchev–Trinajstić information content (AvgIpc) is 2.88. The Morgan fingerprint density at radius 1 is 1.04 bits per heavy atom. The standard InChI is InChI=1S/C18H22F3N3O/c1-13-17(14(2)25-22-13)12-24-8-6-23(7-9-24)11-15-4-3-5-16(10-15)18(19,20)21/h3-5,10H,6-9,11-12H2,1-2H3. The number of alkyl halides is 3. The first-order valence-electron chi connectivity index (χ1n) is 8.35. The largest absolute Gasteiger partial charge is 0.416 e. The fourth-order valence-electron chi connectivity index (χ4n) is 3.16. The van der Waals surface area contributed by atoms with E-state index in [2.05, 4.69) is 15.0 Å². The van der Waals surface area contributed by atoms with Gasteiger partial charge < -0.3 is 4.52 Å². The van der Waals surface area contributed by atoms with Crippen molar-refractivity contribution in [3.63, 3.8) is 0 Å². The van der Waals surface area contributed by atoms with Crippen LogP contribution in [-0.4, -0.2) is 41.1 Å². The van der Waals surface area contributed by atoms with Gasteiger partial charge in [0.1, 0.15) is 5.76 Å². The highest BCUT2D eigenvalue weighted by Crippen LogP contribution is 2.29. The molecule has 3 rings (SSSR count). The van der Waals surface area contributed by atoms with Crippen LogP contribution in [0.2, 0.25) is 0 Å². The molecule has 0 saturated carbocycles. The van der Waals surface area contributed by atoms with Crippen molar-refractivity contribution in [2.75, 3.05) is 26.2 Å². The molecule has 1 aromatic carbocycles. The van der Waals surface area contributed by atoms with Crippen LogP contribution in [0.15, 0.2) is 28.8 Å². The van der Waals surface area contributed by atoms with Crippen molar-refractivity contribution in [1.82, 2.24) is 15.0 Å². The molecule has 1 saturated heterocycles. The summed E-state index contributed by atoms with van der Waals surface area (Å²) >= 11 is 0. The second-order valence-electron chi connectivity index (χ2n) is 6.55. The Labute approximate surface area is 145 Å². The van der Waals surface area contributed by atoms with E-state index in [1.807, 2.05) is 13.8 Å². The van der Waals surface area contributed by atoms with Crippen LogP contribution < -0.4 is 0 Å². The fraction of sp³-hybridized carbons (Fsp3) is 0.500. The van der Waals surface area contributed by atoms with E-state index in [4.69, 9.17) is 4.52 Å². The SMILES string of the molecule is Cc1noc(C)c1CN1CCN(Cc2cccc(C(F)(F)F)c2)CC1. The second kappa shape index (κ2) is 7.17. The number of hydrogen-bond acceptors (Lipinski definition) is 4. The van der Waals surface area contributed by atoms with Crippen LogP contribution in [0.4, 0.5) is 13.2 Å². The zero-order chi connectivity index (χ0) is 18.0. The van der Waals surface area contributed by atoms with Crippen molar-refractivity contribution in [2.24, 2.45) is 0 Å². The van der Waals surface area contributed by atoms with E-state index in [-0.39, 0.29) is 0 Å². The van der Waals surface area contributed by atoms with Gasteiger partial charge in [-0.25, -0.2) is 0 Å². The Bertz CT molecular complexity index is 699. The number of rotatable bonds is 4. The number of benzene rings is 1. The molecule has 1 fully saturated rings. The van der Waals surface area contributed by atoms with Crippen molar-refractivity contribution < 1.29 is 17.7 Å². The first-order valence-corrected chi connectivity index (χ1v) is 8.35. The van der Waals surface area contributed by atoms with Crippen LogP contribution in [0.25, 0.3) is 0 Å². The normalized spacial score (nSPS) is 17.2. The average molecular weight is 353 g/mol. The monoisotopic (exact) mass is 353 g/mol. The quantitative estimate of drug-likeness (QED) is 0.840. The van der Waals surface area contributed by atoms with Gasteiger partial charge in [0.2, 0.25) is 0 Å². The summed E-state index contributed by atoms with van der Waals surface area (Å²) in [4.78, 5) is 4.52. The maximum absolute atomic E-state index is 12.8. The smallest absolute Gasteiger partial charge is 0.361 e. The summed E-state index contributed by atoms with van der Waals surface area (Å²) in [5.41, 5.74) is 2.17. The van der Waals surface area contributed by atoms with Crippen LogP contribution >= 0.6 is 0 Å². The molecular formula is C18H22F3N3O. The van der Waals surface area contributed by atoms with Crippen LogP contribution in [0.1, 0.15) is 28.1 Å². The summed E-state index contributed by atoms with van der Waals surface area (Å²) in [5.74, 6) is 0.851. The molecule has 2 heterocycles. The van der Waals surface area contributed by atoms with E-state index in [0.717, 1.165) is 55.8 Å². The lowest BCUT2D eigenvalue weighted by Crippen LogP contribution is -2.45. The third kappa shape index (κ3) is 4.41. The lowest BCUT2D eigenvalue weighted by molar-refractivity contribution is -0.137. The van der Waals surface area contributed by atoms with Crippen molar-refractivity contribution in [3.8, 4) is 0 Å². The van der Waals surface area contributed by atoms with Crippen molar-refractivity contribution in [3.05, 3.63) is 52.4 Å². The molecule has 1 aromatic heterocycles. The van der Waals surface area contributed by atoms with E-state index in [1.165, 1.54) is 12.1 Å². The van der Waals surface area contributed by atoms with Gasteiger partial charge in [-0.15, -0.1) is 0 Å². The Hall–Kier alpha value is -1.86. The Balaban J connectivity index is 1.55. The van der Waals surface area contributed by atoms with Gasteiger partial charge in [0.25, 0.3) is 0 Å². The molecule has 0 radical (unpaired) electrons. The number of nitrogens with zero attached hydrogens (tertiary/aromatic N) is 3. The molecule has 0 spiro atoms. The van der Waals surface area contributed by atoms with E-state index < -0.39 is 11.7 Å². The Morgan fingerprint density at radius 3 is 2.24 bits per heavy atom. The summed E-state index contributed by atoms with van der Waals surface area (Å²) in [5, 5.41) is 3.98. The Kier molecular flexibility index (Phi) is 5.15. The lowest BCUT2D eigenvalue weighted by atomic mass is 10.1. The number of aromatic nitrogens is 1. The highest BCUT2D eigenvalue weighted by atomic mass is 19.4. The molecule has 2 aromatic rings. The molecule has 7 heteroatoms. The van der Waals surface area contributed by atoms with Gasteiger partial charge in [-0.05, 0) is 25.5 Å². The topological polar surface area (TPSA) is 32.5 Å². The van der Waals surface area contributed by atoms with E-state index in [9.17, 15) is 13.2 Å². The zero-order valence-electron chi connectivity index (χ0n) is 14.4. The van der Waals surface area contributed by atoms with Crippen molar-refractivity contribution in [1.29, 1.82) is 0 Å². The Morgan fingerprint density at radius 2 is 1.68 bits per heavy atom. The predicted molar refractivity (Wildman–Crippen MR) is 88.0 cm³/mol. The molecule has 4 nitrogen and oxygen atoms in total. The molecular weight excluding hydrogens is 331 g/mol. The molecule has 0 amide bonds. The van der Waals surface area contributed by atoms with Crippen molar-refractivity contribution in [2.45, 2.75) is 33.1 Å². The predicted octanol–water partition coefficient (Wildman–Crippen LogP) is 3.63. The molecule has 0 bridgehead atoms. The van der Waals surface area contributed by atoms with Crippen LogP contribution in [0.5, 0.6) is 0 Å². The van der Waals surface area contributed by atoms with Crippen LogP contribution in [0, 0.1) is 13.8 Å². The summed E-state index contributed by atoms with van der Waals surface area (Å²) in [6.45, 7) is 8.63. The van der Waals surface area contributed by atoms with E-state index >= 15 is 0 Å². The van der Waals surface area contributed by atoms with E-state index in [1.54, 1.807) is 6.07 Å². The summed E-state index contributed by atoms with van der Waals surface area (Å²) in [7, 11) is 0. The minimum Gasteiger partial charge on any atom is -0.361 e. The van der Waals surface area contributed by atoms with Gasteiger partial charge in [0.05, 0.1) is 11.3 Å². The molecule has 1 aliphatic rings. The fourth-order valence-corrected chi connectivity index (χ4v) is 3.16. The number of aryl methyl sites for hydroxylation is 2. The van der Waals surface area contributed by atoms with Gasteiger partial charge in [0.15, 0.2) is 0 Å². The molecule has 0 aliphatic carbocycles. The molecule has 1 aliphatic heterocycles. The third-order valence-corrected chi connectivity index (χ3v) is 4.69. The maximum atomic E-state index is 12.8. The van der Waals surface area contributed by atoms with Crippen molar-refractivity contribution >= 4 is 0 Å².